The molecule has 17 heavy (non-hydrogen) atoms. The molecule has 0 fully saturated rings. The van der Waals surface area contributed by atoms with Crippen LogP contribution in [0.5, 0.6) is 0 Å². The minimum Gasteiger partial charge on any atom is -0.320 e. The Hall–Kier alpha value is -0.710. The Balaban J connectivity index is 2.43. The van der Waals surface area contributed by atoms with Gasteiger partial charge in [-0.05, 0) is 37.6 Å². The van der Waals surface area contributed by atoms with E-state index in [-0.39, 0.29) is 11.9 Å². The van der Waals surface area contributed by atoms with Gasteiger partial charge in [-0.25, -0.2) is 4.39 Å². The third kappa shape index (κ3) is 2.59. The predicted octanol–water partition coefficient (Wildman–Crippen LogP) is 4.31. The largest absolute Gasteiger partial charge is 0.320 e. The first kappa shape index (κ1) is 12.7. The van der Waals surface area contributed by atoms with E-state index >= 15 is 0 Å². The SMILES string of the molecule is Cc1cc(C)c(C(N)c2ccc(Br)cc2F)s1. The predicted molar refractivity (Wildman–Crippen MR) is 73.9 cm³/mol. The number of rotatable bonds is 2. The van der Waals surface area contributed by atoms with Gasteiger partial charge in [0.1, 0.15) is 5.82 Å². The Labute approximate surface area is 113 Å². The number of hydrogen-bond donors (Lipinski definition) is 1. The van der Waals surface area contributed by atoms with Crippen LogP contribution in [0, 0.1) is 19.7 Å². The van der Waals surface area contributed by atoms with E-state index in [1.165, 1.54) is 10.9 Å². The Bertz CT molecular complexity index is 550. The molecule has 0 aliphatic heterocycles. The summed E-state index contributed by atoms with van der Waals surface area (Å²) in [5.41, 5.74) is 7.80. The molecule has 0 radical (unpaired) electrons. The van der Waals surface area contributed by atoms with Crippen LogP contribution in [0.25, 0.3) is 0 Å². The molecular weight excluding hydrogens is 301 g/mol. The van der Waals surface area contributed by atoms with Gasteiger partial charge < -0.3 is 5.73 Å². The van der Waals surface area contributed by atoms with Gasteiger partial charge in [0, 0.05) is 19.8 Å². The van der Waals surface area contributed by atoms with Crippen molar-refractivity contribution in [1.82, 2.24) is 0 Å². The summed E-state index contributed by atoms with van der Waals surface area (Å²) in [6.07, 6.45) is 0. The van der Waals surface area contributed by atoms with Crippen molar-refractivity contribution in [3.8, 4) is 0 Å². The molecule has 1 aromatic carbocycles. The Kier molecular flexibility index (Phi) is 3.66. The number of nitrogens with two attached hydrogens (primary N) is 1. The van der Waals surface area contributed by atoms with Gasteiger partial charge in [0.15, 0.2) is 0 Å². The van der Waals surface area contributed by atoms with Gasteiger partial charge in [-0.1, -0.05) is 22.0 Å². The highest BCUT2D eigenvalue weighted by atomic mass is 79.9. The molecule has 0 saturated carbocycles. The molecular formula is C13H13BrFNS. The van der Waals surface area contributed by atoms with Gasteiger partial charge in [0.2, 0.25) is 0 Å². The molecule has 1 aromatic heterocycles. The van der Waals surface area contributed by atoms with Gasteiger partial charge in [-0.3, -0.25) is 0 Å². The molecule has 2 N–H and O–H groups in total. The van der Waals surface area contributed by atoms with Gasteiger partial charge in [-0.2, -0.15) is 0 Å². The Morgan fingerprint density at radius 3 is 2.53 bits per heavy atom. The highest BCUT2D eigenvalue weighted by molar-refractivity contribution is 9.10. The summed E-state index contributed by atoms with van der Waals surface area (Å²) in [6, 6.07) is 6.69. The molecule has 0 spiro atoms. The van der Waals surface area contributed by atoms with Crippen molar-refractivity contribution < 1.29 is 4.39 Å². The van der Waals surface area contributed by atoms with Crippen molar-refractivity contribution in [2.45, 2.75) is 19.9 Å². The van der Waals surface area contributed by atoms with Crippen LogP contribution in [0.4, 0.5) is 4.39 Å². The minimum atomic E-state index is -0.387. The summed E-state index contributed by atoms with van der Waals surface area (Å²) in [6.45, 7) is 4.04. The standard InChI is InChI=1S/C13H13BrFNS/c1-7-5-8(2)17-13(7)12(16)10-4-3-9(14)6-11(10)15/h3-6,12H,16H2,1-2H3. The van der Waals surface area contributed by atoms with Crippen molar-refractivity contribution in [1.29, 1.82) is 0 Å². The van der Waals surface area contributed by atoms with E-state index in [0.717, 1.165) is 14.9 Å². The van der Waals surface area contributed by atoms with Gasteiger partial charge in [0.05, 0.1) is 6.04 Å². The van der Waals surface area contributed by atoms with Crippen LogP contribution in [0.3, 0.4) is 0 Å². The zero-order valence-electron chi connectivity index (χ0n) is 9.63. The fourth-order valence-electron chi connectivity index (χ4n) is 1.86. The first-order chi connectivity index (χ1) is 7.99. The van der Waals surface area contributed by atoms with Crippen LogP contribution in [0.2, 0.25) is 0 Å². The molecule has 1 nitrogen and oxygen atoms in total. The first-order valence-corrected chi connectivity index (χ1v) is 6.87. The number of aryl methyl sites for hydroxylation is 2. The van der Waals surface area contributed by atoms with Crippen molar-refractivity contribution in [3.63, 3.8) is 0 Å². The van der Waals surface area contributed by atoms with Gasteiger partial charge in [0.25, 0.3) is 0 Å². The molecule has 2 rings (SSSR count). The van der Waals surface area contributed by atoms with E-state index in [4.69, 9.17) is 5.73 Å². The van der Waals surface area contributed by atoms with Crippen molar-refractivity contribution in [3.05, 3.63) is 55.4 Å². The number of hydrogen-bond acceptors (Lipinski definition) is 2. The van der Waals surface area contributed by atoms with Crippen molar-refractivity contribution in [2.75, 3.05) is 0 Å². The Morgan fingerprint density at radius 1 is 1.29 bits per heavy atom. The molecule has 0 aliphatic rings. The van der Waals surface area contributed by atoms with Gasteiger partial charge in [-0.15, -0.1) is 11.3 Å². The van der Waals surface area contributed by atoms with E-state index in [9.17, 15) is 4.39 Å². The second kappa shape index (κ2) is 4.88. The number of benzene rings is 1. The topological polar surface area (TPSA) is 26.0 Å². The average Bonchev–Trinajstić information content (AvgIpc) is 2.57. The molecule has 1 unspecified atom stereocenters. The quantitative estimate of drug-likeness (QED) is 0.878. The third-order valence-corrected chi connectivity index (χ3v) is 4.39. The van der Waals surface area contributed by atoms with E-state index in [1.54, 1.807) is 17.4 Å². The third-order valence-electron chi connectivity index (χ3n) is 2.66. The molecule has 0 amide bonds. The van der Waals surface area contributed by atoms with Crippen LogP contribution in [-0.2, 0) is 0 Å². The fraction of sp³-hybridized carbons (Fsp3) is 0.231. The zero-order chi connectivity index (χ0) is 12.6. The molecule has 90 valence electrons. The smallest absolute Gasteiger partial charge is 0.129 e. The monoisotopic (exact) mass is 313 g/mol. The van der Waals surface area contributed by atoms with Crippen LogP contribution < -0.4 is 5.73 Å². The molecule has 1 heterocycles. The van der Waals surface area contributed by atoms with Crippen LogP contribution >= 0.6 is 27.3 Å². The maximum Gasteiger partial charge on any atom is 0.129 e. The van der Waals surface area contributed by atoms with Crippen LogP contribution in [0.15, 0.2) is 28.7 Å². The van der Waals surface area contributed by atoms with E-state index in [2.05, 4.69) is 22.0 Å². The number of halogens is 2. The summed E-state index contributed by atoms with van der Waals surface area (Å²) in [5.74, 6) is -0.266. The lowest BCUT2D eigenvalue weighted by Crippen LogP contribution is -2.13. The summed E-state index contributed by atoms with van der Waals surface area (Å²) in [5, 5.41) is 0. The lowest BCUT2D eigenvalue weighted by molar-refractivity contribution is 0.600. The first-order valence-electron chi connectivity index (χ1n) is 5.26. The van der Waals surface area contributed by atoms with E-state index in [0.29, 0.717) is 5.56 Å². The van der Waals surface area contributed by atoms with Crippen LogP contribution in [0.1, 0.15) is 26.9 Å². The molecule has 1 atom stereocenters. The maximum atomic E-state index is 13.8. The fourth-order valence-corrected chi connectivity index (χ4v) is 3.25. The normalized spacial score (nSPS) is 12.8. The molecule has 2 aromatic rings. The molecule has 0 aliphatic carbocycles. The minimum absolute atomic E-state index is 0.266. The maximum absolute atomic E-state index is 13.8. The number of thiophene rings is 1. The lowest BCUT2D eigenvalue weighted by atomic mass is 10.0. The van der Waals surface area contributed by atoms with E-state index in [1.807, 2.05) is 19.9 Å². The van der Waals surface area contributed by atoms with Crippen LogP contribution in [-0.4, -0.2) is 0 Å². The molecule has 0 bridgehead atoms. The summed E-state index contributed by atoms with van der Waals surface area (Å²) in [7, 11) is 0. The van der Waals surface area contributed by atoms with E-state index < -0.39 is 0 Å². The van der Waals surface area contributed by atoms with Crippen molar-refractivity contribution in [2.24, 2.45) is 5.73 Å². The van der Waals surface area contributed by atoms with Crippen molar-refractivity contribution >= 4 is 27.3 Å². The highest BCUT2D eigenvalue weighted by Gasteiger charge is 2.17. The lowest BCUT2D eigenvalue weighted by Gasteiger charge is -2.12. The Morgan fingerprint density at radius 2 is 2.00 bits per heavy atom. The summed E-state index contributed by atoms with van der Waals surface area (Å²) < 4.78 is 14.5. The molecule has 0 saturated heterocycles. The highest BCUT2D eigenvalue weighted by Crippen LogP contribution is 2.32. The molecule has 4 heteroatoms. The second-order valence-electron chi connectivity index (χ2n) is 4.05. The second-order valence-corrected chi connectivity index (χ2v) is 6.25. The average molecular weight is 314 g/mol. The van der Waals surface area contributed by atoms with Gasteiger partial charge >= 0.3 is 0 Å². The summed E-state index contributed by atoms with van der Waals surface area (Å²) >= 11 is 4.87. The zero-order valence-corrected chi connectivity index (χ0v) is 12.0. The summed E-state index contributed by atoms with van der Waals surface area (Å²) in [4.78, 5) is 2.23.